The second-order valence-corrected chi connectivity index (χ2v) is 11.1. The molecule has 0 bridgehead atoms. The van der Waals surface area contributed by atoms with Crippen LogP contribution in [0.25, 0.3) is 50.1 Å². The molecule has 0 saturated carbocycles. The molecule has 0 aliphatic heterocycles. The zero-order valence-corrected chi connectivity index (χ0v) is 22.4. The molecule has 3 aromatic heterocycles. The molecule has 4 heteroatoms. The van der Waals surface area contributed by atoms with Crippen LogP contribution in [-0.4, -0.2) is 19.6 Å². The highest BCUT2D eigenvalue weighted by molar-refractivity contribution is 6.08. The molecule has 6 aromatic rings. The van der Waals surface area contributed by atoms with E-state index in [4.69, 9.17) is 4.98 Å². The zero-order valence-electron chi connectivity index (χ0n) is 22.4. The van der Waals surface area contributed by atoms with Crippen molar-refractivity contribution >= 4 is 21.9 Å². The Balaban J connectivity index is 1.66. The van der Waals surface area contributed by atoms with Crippen LogP contribution in [0.4, 0.5) is 0 Å². The fraction of sp³-hybridized carbons (Fsp3) is 0.176. The highest BCUT2D eigenvalue weighted by atomic mass is 16.3. The number of rotatable bonds is 3. The smallest absolute Gasteiger partial charge is 0.146 e. The summed E-state index contributed by atoms with van der Waals surface area (Å²) >= 11 is 0. The number of aryl methyl sites for hydroxylation is 2. The Morgan fingerprint density at radius 1 is 0.763 bits per heavy atom. The molecule has 0 saturated heterocycles. The van der Waals surface area contributed by atoms with Gasteiger partial charge < -0.3 is 5.11 Å². The van der Waals surface area contributed by atoms with E-state index in [9.17, 15) is 5.11 Å². The van der Waals surface area contributed by atoms with Crippen LogP contribution in [0.2, 0.25) is 0 Å². The predicted octanol–water partition coefficient (Wildman–Crippen LogP) is 8.53. The largest absolute Gasteiger partial charge is 0.507 e. The van der Waals surface area contributed by atoms with Gasteiger partial charge in [0, 0.05) is 33.8 Å². The van der Waals surface area contributed by atoms with E-state index >= 15 is 0 Å². The summed E-state index contributed by atoms with van der Waals surface area (Å²) in [5.41, 5.74) is 9.71. The van der Waals surface area contributed by atoms with Gasteiger partial charge in [0.1, 0.15) is 11.4 Å². The lowest BCUT2D eigenvalue weighted by atomic mass is 9.86. The van der Waals surface area contributed by atoms with Gasteiger partial charge in [-0.1, -0.05) is 51.1 Å². The van der Waals surface area contributed by atoms with Crippen molar-refractivity contribution in [2.75, 3.05) is 0 Å². The van der Waals surface area contributed by atoms with Gasteiger partial charge in [-0.2, -0.15) is 0 Å². The van der Waals surface area contributed by atoms with Crippen molar-refractivity contribution in [3.8, 4) is 34.0 Å². The average Bonchev–Trinajstić information content (AvgIpc) is 3.24. The highest BCUT2D eigenvalue weighted by Gasteiger charge is 2.20. The Hall–Kier alpha value is -4.44. The third kappa shape index (κ3) is 4.03. The maximum atomic E-state index is 10.9. The first-order valence-electron chi connectivity index (χ1n) is 13.0. The summed E-state index contributed by atoms with van der Waals surface area (Å²) in [6, 6.07) is 29.3. The lowest BCUT2D eigenvalue weighted by Gasteiger charge is -2.19. The second kappa shape index (κ2) is 8.84. The van der Waals surface area contributed by atoms with Crippen LogP contribution in [0.15, 0.2) is 91.1 Å². The molecule has 0 atom stereocenters. The molecular formula is C34H31N3O. The van der Waals surface area contributed by atoms with E-state index in [1.165, 1.54) is 10.9 Å². The van der Waals surface area contributed by atoms with Crippen LogP contribution in [0, 0.1) is 13.8 Å². The number of nitrogens with zero attached hydrogens (tertiary/aromatic N) is 3. The number of aromatic nitrogens is 3. The standard InChI is InChI=1S/C34H31N3O/c1-21-17-22(2)32(38)28(18-21)30-14-13-26-27-20-24(34(3,4)5)12-15-31(27)37(33(26)36-30)25-10-8-9-23(19-25)29-11-6-7-16-35-29/h6-20,38H,1-5H3. The molecule has 0 amide bonds. The molecule has 0 aliphatic carbocycles. The molecule has 0 unspecified atom stereocenters. The maximum Gasteiger partial charge on any atom is 0.146 e. The Bertz CT molecular complexity index is 1830. The number of hydrogen-bond donors (Lipinski definition) is 1. The highest BCUT2D eigenvalue weighted by Crippen LogP contribution is 2.38. The zero-order chi connectivity index (χ0) is 26.6. The van der Waals surface area contributed by atoms with E-state index in [0.717, 1.165) is 55.9 Å². The van der Waals surface area contributed by atoms with Crippen molar-refractivity contribution in [3.05, 3.63) is 108 Å². The SMILES string of the molecule is Cc1cc(C)c(O)c(-c2ccc3c4cc(C(C)(C)C)ccc4n(-c4cccc(-c5ccccn5)c4)c3n2)c1. The third-order valence-electron chi connectivity index (χ3n) is 7.27. The Morgan fingerprint density at radius 3 is 2.37 bits per heavy atom. The van der Waals surface area contributed by atoms with Gasteiger partial charge in [-0.25, -0.2) is 4.98 Å². The van der Waals surface area contributed by atoms with Crippen LogP contribution >= 0.6 is 0 Å². The van der Waals surface area contributed by atoms with Crippen molar-refractivity contribution in [1.82, 2.24) is 14.5 Å². The molecule has 0 radical (unpaired) electrons. The quantitative estimate of drug-likeness (QED) is 0.267. The Morgan fingerprint density at radius 2 is 1.61 bits per heavy atom. The van der Waals surface area contributed by atoms with Crippen LogP contribution in [0.3, 0.4) is 0 Å². The van der Waals surface area contributed by atoms with E-state index in [1.54, 1.807) is 0 Å². The van der Waals surface area contributed by atoms with Crippen molar-refractivity contribution in [2.24, 2.45) is 0 Å². The molecule has 188 valence electrons. The van der Waals surface area contributed by atoms with Crippen LogP contribution in [0.1, 0.15) is 37.5 Å². The molecule has 6 rings (SSSR count). The number of fused-ring (bicyclic) bond motifs is 3. The number of phenolic OH excluding ortho intramolecular Hbond substituents is 1. The van der Waals surface area contributed by atoms with E-state index in [2.05, 4.69) is 78.9 Å². The van der Waals surface area contributed by atoms with Crippen molar-refractivity contribution in [3.63, 3.8) is 0 Å². The summed E-state index contributed by atoms with van der Waals surface area (Å²) in [4.78, 5) is 9.75. The van der Waals surface area contributed by atoms with Crippen LogP contribution < -0.4 is 0 Å². The lowest BCUT2D eigenvalue weighted by molar-refractivity contribution is 0.473. The van der Waals surface area contributed by atoms with Crippen LogP contribution in [0.5, 0.6) is 5.75 Å². The molecule has 0 aliphatic rings. The van der Waals surface area contributed by atoms with E-state index in [1.807, 2.05) is 56.4 Å². The predicted molar refractivity (Wildman–Crippen MR) is 157 cm³/mol. The number of pyridine rings is 2. The van der Waals surface area contributed by atoms with Gasteiger partial charge in [0.05, 0.1) is 16.9 Å². The molecule has 1 N–H and O–H groups in total. The molecular weight excluding hydrogens is 466 g/mol. The average molecular weight is 498 g/mol. The summed E-state index contributed by atoms with van der Waals surface area (Å²) in [7, 11) is 0. The monoisotopic (exact) mass is 497 g/mol. The number of phenols is 1. The fourth-order valence-corrected chi connectivity index (χ4v) is 5.26. The molecule has 0 spiro atoms. The summed E-state index contributed by atoms with van der Waals surface area (Å²) < 4.78 is 2.23. The van der Waals surface area contributed by atoms with Gasteiger partial charge in [-0.15, -0.1) is 0 Å². The Labute approximate surface area is 223 Å². The molecule has 3 heterocycles. The number of hydrogen-bond acceptors (Lipinski definition) is 3. The minimum atomic E-state index is 0.0275. The van der Waals surface area contributed by atoms with Gasteiger partial charge in [-0.3, -0.25) is 9.55 Å². The lowest BCUT2D eigenvalue weighted by Crippen LogP contribution is -2.10. The van der Waals surface area contributed by atoms with Crippen molar-refractivity contribution in [2.45, 2.75) is 40.0 Å². The molecule has 4 nitrogen and oxygen atoms in total. The van der Waals surface area contributed by atoms with E-state index < -0.39 is 0 Å². The van der Waals surface area contributed by atoms with E-state index in [0.29, 0.717) is 0 Å². The molecule has 38 heavy (non-hydrogen) atoms. The summed E-state index contributed by atoms with van der Waals surface area (Å²) in [6.07, 6.45) is 1.82. The topological polar surface area (TPSA) is 50.9 Å². The van der Waals surface area contributed by atoms with Crippen molar-refractivity contribution in [1.29, 1.82) is 0 Å². The number of aromatic hydroxyl groups is 1. The summed E-state index contributed by atoms with van der Waals surface area (Å²) in [5.74, 6) is 0.275. The third-order valence-corrected chi connectivity index (χ3v) is 7.27. The Kier molecular flexibility index (Phi) is 5.57. The van der Waals surface area contributed by atoms with Gasteiger partial charge in [0.25, 0.3) is 0 Å². The summed E-state index contributed by atoms with van der Waals surface area (Å²) in [6.45, 7) is 10.7. The molecule has 3 aromatic carbocycles. The molecule has 0 fully saturated rings. The van der Waals surface area contributed by atoms with Gasteiger partial charge in [-0.05, 0) is 90.6 Å². The normalized spacial score (nSPS) is 11.9. The minimum absolute atomic E-state index is 0.0275. The fourth-order valence-electron chi connectivity index (χ4n) is 5.26. The maximum absolute atomic E-state index is 10.9. The first kappa shape index (κ1) is 23.9. The first-order chi connectivity index (χ1) is 18.2. The van der Waals surface area contributed by atoms with Gasteiger partial charge >= 0.3 is 0 Å². The number of benzene rings is 3. The van der Waals surface area contributed by atoms with Crippen LogP contribution in [-0.2, 0) is 5.41 Å². The minimum Gasteiger partial charge on any atom is -0.507 e. The van der Waals surface area contributed by atoms with E-state index in [-0.39, 0.29) is 11.2 Å². The van der Waals surface area contributed by atoms with Gasteiger partial charge in [0.15, 0.2) is 0 Å². The second-order valence-electron chi connectivity index (χ2n) is 11.1. The first-order valence-corrected chi connectivity index (χ1v) is 13.0. The van der Waals surface area contributed by atoms with Crippen molar-refractivity contribution < 1.29 is 5.11 Å². The summed E-state index contributed by atoms with van der Waals surface area (Å²) in [5, 5.41) is 13.2. The van der Waals surface area contributed by atoms with Gasteiger partial charge in [0.2, 0.25) is 0 Å².